The Morgan fingerprint density at radius 2 is 1.86 bits per heavy atom. The fourth-order valence-electron chi connectivity index (χ4n) is 1.25. The van der Waals surface area contributed by atoms with Crippen LogP contribution in [0.15, 0.2) is 28.9 Å². The topological polar surface area (TPSA) is 15.6 Å². The maximum atomic E-state index is 4.29. The molecule has 2 heteroatoms. The van der Waals surface area contributed by atoms with Gasteiger partial charge in [-0.25, -0.2) is 0 Å². The van der Waals surface area contributed by atoms with Crippen molar-refractivity contribution in [2.24, 2.45) is 10.9 Å². The Kier molecular flexibility index (Phi) is 5.93. The van der Waals surface area contributed by atoms with Crippen molar-refractivity contribution >= 4 is 5.71 Å². The van der Waals surface area contributed by atoms with E-state index in [-0.39, 0.29) is 0 Å². The van der Waals surface area contributed by atoms with Crippen LogP contribution in [0.3, 0.4) is 0 Å². The Hall–Kier alpha value is -1.05. The largest absolute Gasteiger partial charge is 0.383 e. The van der Waals surface area contributed by atoms with Gasteiger partial charge in [0, 0.05) is 27.3 Å². The summed E-state index contributed by atoms with van der Waals surface area (Å²) in [5.74, 6) is 0.493. The molecule has 0 aliphatic heterocycles. The molecule has 0 aromatic heterocycles. The average Bonchev–Trinajstić information content (AvgIpc) is 2.10. The van der Waals surface area contributed by atoms with Crippen molar-refractivity contribution in [3.05, 3.63) is 23.9 Å². The van der Waals surface area contributed by atoms with Gasteiger partial charge in [0.2, 0.25) is 0 Å². The molecule has 0 rings (SSSR count). The molecule has 0 aliphatic rings. The van der Waals surface area contributed by atoms with E-state index < -0.39 is 0 Å². The molecule has 14 heavy (non-hydrogen) atoms. The van der Waals surface area contributed by atoms with Crippen molar-refractivity contribution in [2.75, 3.05) is 21.1 Å². The van der Waals surface area contributed by atoms with Crippen LogP contribution in [0.5, 0.6) is 0 Å². The van der Waals surface area contributed by atoms with Crippen molar-refractivity contribution in [1.29, 1.82) is 0 Å². The van der Waals surface area contributed by atoms with E-state index in [1.54, 1.807) is 0 Å². The van der Waals surface area contributed by atoms with E-state index >= 15 is 0 Å². The predicted octanol–water partition coefficient (Wildman–Crippen LogP) is 2.73. The van der Waals surface area contributed by atoms with E-state index in [9.17, 15) is 0 Å². The molecule has 2 nitrogen and oxygen atoms in total. The molecule has 0 bridgehead atoms. The molecule has 0 aromatic rings. The van der Waals surface area contributed by atoms with Gasteiger partial charge in [-0.2, -0.15) is 0 Å². The van der Waals surface area contributed by atoms with E-state index in [2.05, 4.69) is 36.0 Å². The third kappa shape index (κ3) is 4.26. The first-order valence-electron chi connectivity index (χ1n) is 5.00. The van der Waals surface area contributed by atoms with Crippen molar-refractivity contribution < 1.29 is 0 Å². The number of nitrogens with zero attached hydrogens (tertiary/aromatic N) is 2. The summed E-state index contributed by atoms with van der Waals surface area (Å²) in [5.41, 5.74) is 2.34. The quantitative estimate of drug-likeness (QED) is 0.628. The lowest BCUT2D eigenvalue weighted by Crippen LogP contribution is -2.12. The van der Waals surface area contributed by atoms with Crippen LogP contribution in [-0.2, 0) is 0 Å². The normalized spacial score (nSPS) is 14.2. The van der Waals surface area contributed by atoms with Crippen molar-refractivity contribution in [2.45, 2.75) is 20.8 Å². The summed E-state index contributed by atoms with van der Waals surface area (Å²) in [5, 5.41) is 0. The molecular formula is C12H22N2. The van der Waals surface area contributed by atoms with Crippen LogP contribution in [0.4, 0.5) is 0 Å². The second kappa shape index (κ2) is 6.41. The standard InChI is InChI=1S/C12H22N2/c1-7-8-12(13-4)11(10(2)3)9-14(5)6/h7-10H,1-6H3/b8-7-,11-9-,13-12?. The van der Waals surface area contributed by atoms with E-state index in [1.807, 2.05) is 34.1 Å². The van der Waals surface area contributed by atoms with Crippen LogP contribution < -0.4 is 0 Å². The second-order valence-corrected chi connectivity index (χ2v) is 3.81. The minimum absolute atomic E-state index is 0.493. The number of rotatable bonds is 4. The third-order valence-corrected chi connectivity index (χ3v) is 1.88. The molecule has 0 saturated carbocycles. The summed E-state index contributed by atoms with van der Waals surface area (Å²) in [7, 11) is 5.90. The summed E-state index contributed by atoms with van der Waals surface area (Å²) in [6.07, 6.45) is 6.20. The van der Waals surface area contributed by atoms with Gasteiger partial charge < -0.3 is 4.90 Å². The van der Waals surface area contributed by atoms with Crippen LogP contribution in [-0.4, -0.2) is 31.8 Å². The molecule has 0 aliphatic carbocycles. The lowest BCUT2D eigenvalue weighted by Gasteiger charge is -2.15. The van der Waals surface area contributed by atoms with Gasteiger partial charge in [0.1, 0.15) is 0 Å². The van der Waals surface area contributed by atoms with Gasteiger partial charge in [-0.15, -0.1) is 0 Å². The van der Waals surface area contributed by atoms with E-state index in [0.717, 1.165) is 5.71 Å². The van der Waals surface area contributed by atoms with Gasteiger partial charge in [0.15, 0.2) is 0 Å². The van der Waals surface area contributed by atoms with Gasteiger partial charge in [-0.1, -0.05) is 19.9 Å². The summed E-state index contributed by atoms with van der Waals surface area (Å²) in [6, 6.07) is 0. The highest BCUT2D eigenvalue weighted by molar-refractivity contribution is 6.08. The van der Waals surface area contributed by atoms with Crippen LogP contribution >= 0.6 is 0 Å². The number of hydrogen-bond donors (Lipinski definition) is 0. The summed E-state index contributed by atoms with van der Waals surface area (Å²) in [6.45, 7) is 6.38. The maximum absolute atomic E-state index is 4.29. The molecule has 0 N–H and O–H groups in total. The highest BCUT2D eigenvalue weighted by atomic mass is 15.0. The van der Waals surface area contributed by atoms with Crippen LogP contribution in [0.25, 0.3) is 0 Å². The van der Waals surface area contributed by atoms with Crippen LogP contribution in [0.1, 0.15) is 20.8 Å². The first kappa shape index (κ1) is 12.9. The number of aliphatic imine (C=N–C) groups is 1. The number of hydrogen-bond acceptors (Lipinski definition) is 2. The van der Waals surface area contributed by atoms with Gasteiger partial charge in [-0.3, -0.25) is 4.99 Å². The molecule has 0 unspecified atom stereocenters. The maximum Gasteiger partial charge on any atom is 0.0616 e. The fraction of sp³-hybridized carbons (Fsp3) is 0.583. The van der Waals surface area contributed by atoms with E-state index in [0.29, 0.717) is 5.92 Å². The van der Waals surface area contributed by atoms with Gasteiger partial charge in [-0.05, 0) is 24.5 Å². The zero-order chi connectivity index (χ0) is 11.1. The Balaban J connectivity index is 5.00. The summed E-state index contributed by atoms with van der Waals surface area (Å²) in [4.78, 5) is 6.35. The molecule has 0 amide bonds. The second-order valence-electron chi connectivity index (χ2n) is 3.81. The Bertz CT molecular complexity index is 245. The monoisotopic (exact) mass is 194 g/mol. The highest BCUT2D eigenvalue weighted by Gasteiger charge is 2.08. The number of allylic oxidation sites excluding steroid dienone is 3. The third-order valence-electron chi connectivity index (χ3n) is 1.88. The molecule has 0 atom stereocenters. The lowest BCUT2D eigenvalue weighted by molar-refractivity contribution is 0.552. The first-order valence-corrected chi connectivity index (χ1v) is 5.00. The van der Waals surface area contributed by atoms with Crippen molar-refractivity contribution in [3.63, 3.8) is 0 Å². The van der Waals surface area contributed by atoms with E-state index in [4.69, 9.17) is 0 Å². The summed E-state index contributed by atoms with van der Waals surface area (Å²) >= 11 is 0. The van der Waals surface area contributed by atoms with Gasteiger partial charge >= 0.3 is 0 Å². The minimum Gasteiger partial charge on any atom is -0.383 e. The molecule has 0 heterocycles. The molecule has 80 valence electrons. The molecule has 0 saturated heterocycles. The Morgan fingerprint density at radius 3 is 2.14 bits per heavy atom. The average molecular weight is 194 g/mol. The summed E-state index contributed by atoms with van der Waals surface area (Å²) < 4.78 is 0. The molecule has 0 aromatic carbocycles. The predicted molar refractivity (Wildman–Crippen MR) is 64.8 cm³/mol. The minimum atomic E-state index is 0.493. The van der Waals surface area contributed by atoms with Gasteiger partial charge in [0.25, 0.3) is 0 Å². The molecular weight excluding hydrogens is 172 g/mol. The zero-order valence-electron chi connectivity index (χ0n) is 10.2. The van der Waals surface area contributed by atoms with Crippen molar-refractivity contribution in [3.8, 4) is 0 Å². The van der Waals surface area contributed by atoms with Gasteiger partial charge in [0.05, 0.1) is 5.71 Å². The smallest absolute Gasteiger partial charge is 0.0616 e. The molecule has 0 radical (unpaired) electrons. The molecule has 0 fully saturated rings. The van der Waals surface area contributed by atoms with E-state index in [1.165, 1.54) is 5.57 Å². The Labute approximate surface area is 88.0 Å². The van der Waals surface area contributed by atoms with Crippen LogP contribution in [0.2, 0.25) is 0 Å². The SMILES string of the molecule is C/C=C\C(=NC)/C(=C\N(C)C)C(C)C. The Morgan fingerprint density at radius 1 is 1.29 bits per heavy atom. The zero-order valence-corrected chi connectivity index (χ0v) is 10.2. The van der Waals surface area contributed by atoms with Crippen LogP contribution in [0, 0.1) is 5.92 Å². The van der Waals surface area contributed by atoms with Crippen molar-refractivity contribution in [1.82, 2.24) is 4.90 Å². The fourth-order valence-corrected chi connectivity index (χ4v) is 1.25. The lowest BCUT2D eigenvalue weighted by atomic mass is 9.99. The first-order chi connectivity index (χ1) is 6.52. The molecule has 0 spiro atoms. The highest BCUT2D eigenvalue weighted by Crippen LogP contribution is 2.13.